The van der Waals surface area contributed by atoms with Crippen LogP contribution in [-0.2, 0) is 31.0 Å². The second-order valence-corrected chi connectivity index (χ2v) is 15.2. The molecule has 4 amide bonds. The molecule has 6 atom stereocenters. The van der Waals surface area contributed by atoms with Gasteiger partial charge < -0.3 is 9.84 Å². The zero-order valence-electron chi connectivity index (χ0n) is 29.9. The number of benzene rings is 4. The van der Waals surface area contributed by atoms with Crippen LogP contribution in [0.3, 0.4) is 0 Å². The molecule has 8 rings (SSSR count). The molecule has 2 heterocycles. The number of anilines is 2. The number of para-hydroxylation sites is 1. The molecule has 2 saturated heterocycles. The Morgan fingerprint density at radius 1 is 0.982 bits per heavy atom. The number of carbonyl (C=O) groups excluding carboxylic acids is 4. The highest BCUT2D eigenvalue weighted by Crippen LogP contribution is 2.65. The monoisotopic (exact) mass is 792 g/mol. The third-order valence-corrected chi connectivity index (χ3v) is 12.3. The number of allylic oxidation sites excluding steroid dienone is 3. The molecule has 4 aromatic carbocycles. The smallest absolute Gasteiger partial charge is 0.269 e. The fourth-order valence-corrected chi connectivity index (χ4v) is 9.78. The lowest BCUT2D eigenvalue weighted by molar-refractivity contribution is -0.384. The number of phenols is 1. The van der Waals surface area contributed by atoms with E-state index in [1.807, 2.05) is 6.08 Å². The van der Waals surface area contributed by atoms with Crippen LogP contribution in [0.25, 0.3) is 0 Å². The normalized spacial score (nSPS) is 25.3. The van der Waals surface area contributed by atoms with Gasteiger partial charge in [0.25, 0.3) is 17.5 Å². The Balaban J connectivity index is 1.33. The second-order valence-electron chi connectivity index (χ2n) is 14.3. The minimum absolute atomic E-state index is 0.00681. The summed E-state index contributed by atoms with van der Waals surface area (Å²) in [7, 11) is 1.52. The summed E-state index contributed by atoms with van der Waals surface area (Å²) >= 11 is 12.7. The van der Waals surface area contributed by atoms with E-state index in [0.29, 0.717) is 39.5 Å². The number of nitro benzene ring substituents is 1. The summed E-state index contributed by atoms with van der Waals surface area (Å²) in [6, 6.07) is 21.9. The van der Waals surface area contributed by atoms with Crippen LogP contribution in [0.1, 0.15) is 35.4 Å². The fourth-order valence-electron chi connectivity index (χ4n) is 9.33. The van der Waals surface area contributed by atoms with Crippen molar-refractivity contribution in [2.75, 3.05) is 17.4 Å². The average Bonchev–Trinajstić information content (AvgIpc) is 3.57. The highest BCUT2D eigenvalue weighted by atomic mass is 35.5. The number of phenolic OH excluding ortho intramolecular Hbond substituents is 1. The van der Waals surface area contributed by atoms with Crippen molar-refractivity contribution >= 4 is 63.9 Å². The van der Waals surface area contributed by atoms with Crippen molar-refractivity contribution in [3.05, 3.63) is 146 Å². The summed E-state index contributed by atoms with van der Waals surface area (Å²) in [6.07, 6.45) is 3.99. The summed E-state index contributed by atoms with van der Waals surface area (Å²) in [5.41, 5.74) is 3.58. The molecule has 3 fully saturated rings. The topological polar surface area (TPSA) is 159 Å². The number of ether oxygens (including phenoxy) is 1. The number of fused-ring (bicyclic) bond motifs is 4. The molecule has 0 radical (unpaired) electrons. The molecule has 0 spiro atoms. The van der Waals surface area contributed by atoms with Gasteiger partial charge in [0.1, 0.15) is 11.5 Å². The van der Waals surface area contributed by atoms with Crippen molar-refractivity contribution in [2.24, 2.45) is 23.7 Å². The van der Waals surface area contributed by atoms with Gasteiger partial charge in [-0.3, -0.25) is 39.6 Å². The minimum atomic E-state index is -1.67. The first-order valence-corrected chi connectivity index (χ1v) is 18.7. The highest BCUT2D eigenvalue weighted by Gasteiger charge is 2.70. The van der Waals surface area contributed by atoms with Crippen LogP contribution in [-0.4, -0.2) is 45.8 Å². The molecule has 14 heteroatoms. The molecule has 56 heavy (non-hydrogen) atoms. The standard InChI is InChI=1S/C42H34Cl2N4O8/c1-3-5-22-6-4-7-30(37(22)49)36-28-17-18-29-35(40(52)46(38(29)50)25-11-13-26(14-12-25)48(54)55)31(28)21-32-39(51)47(45-34-19-10-24(43)20-33(34)44)41(53)42(32,36)23-8-15-27(56-2)16-9-23/h3-4,6-17,19-20,29,31-32,35-36,45,49H,1,5,18,21H2,2H3/t29-,31+,32-,35-,36+,42+/m0/s1. The molecule has 2 aliphatic carbocycles. The van der Waals surface area contributed by atoms with Crippen molar-refractivity contribution in [2.45, 2.75) is 30.6 Å². The average molecular weight is 794 g/mol. The SMILES string of the molecule is C=CCc1cccc([C@H]2C3=CC[C@@H]4C(=O)N(c5ccc([N+](=O)[O-])cc5)C(=O)[C@@H]4[C@@H]3C[C@H]3C(=O)N(Nc4ccc(Cl)cc4Cl)C(=O)[C@@]23c2ccc(OC)cc2)c1O. The van der Waals surface area contributed by atoms with Gasteiger partial charge >= 0.3 is 0 Å². The molecular weight excluding hydrogens is 759 g/mol. The maximum absolute atomic E-state index is 15.5. The zero-order chi connectivity index (χ0) is 39.6. The van der Waals surface area contributed by atoms with Crippen molar-refractivity contribution < 1.29 is 33.9 Å². The summed E-state index contributed by atoms with van der Waals surface area (Å²) in [5.74, 6) is -6.27. The lowest BCUT2D eigenvalue weighted by Crippen LogP contribution is -2.53. The first kappa shape index (κ1) is 37.0. The van der Waals surface area contributed by atoms with Gasteiger partial charge in [0, 0.05) is 28.6 Å². The van der Waals surface area contributed by atoms with Crippen LogP contribution in [0.4, 0.5) is 17.1 Å². The van der Waals surface area contributed by atoms with Crippen molar-refractivity contribution in [1.82, 2.24) is 5.01 Å². The molecule has 12 nitrogen and oxygen atoms in total. The number of rotatable bonds is 9. The molecule has 0 aromatic heterocycles. The van der Waals surface area contributed by atoms with E-state index in [2.05, 4.69) is 12.0 Å². The molecule has 0 unspecified atom stereocenters. The summed E-state index contributed by atoms with van der Waals surface area (Å²) in [6.45, 7) is 3.84. The van der Waals surface area contributed by atoms with Crippen LogP contribution in [0, 0.1) is 33.8 Å². The molecule has 4 aromatic rings. The predicted molar refractivity (Wildman–Crippen MR) is 208 cm³/mol. The van der Waals surface area contributed by atoms with Crippen molar-refractivity contribution in [3.8, 4) is 11.5 Å². The van der Waals surface area contributed by atoms with Gasteiger partial charge in [-0.2, -0.15) is 5.01 Å². The lowest BCUT2D eigenvalue weighted by Gasteiger charge is -2.50. The van der Waals surface area contributed by atoms with Gasteiger partial charge in [-0.25, -0.2) is 0 Å². The number of nitrogens with zero attached hydrogens (tertiary/aromatic N) is 3. The van der Waals surface area contributed by atoms with E-state index in [-0.39, 0.29) is 40.7 Å². The van der Waals surface area contributed by atoms with Crippen molar-refractivity contribution in [1.29, 1.82) is 0 Å². The van der Waals surface area contributed by atoms with Crippen LogP contribution < -0.4 is 15.1 Å². The number of hydrogen-bond donors (Lipinski definition) is 2. The number of carbonyl (C=O) groups is 4. The highest BCUT2D eigenvalue weighted by molar-refractivity contribution is 6.36. The lowest BCUT2D eigenvalue weighted by atomic mass is 9.49. The number of nitrogens with one attached hydrogen (secondary N) is 1. The number of aromatic hydroxyl groups is 1. The van der Waals surface area contributed by atoms with Gasteiger partial charge in [-0.05, 0) is 78.8 Å². The number of non-ortho nitro benzene ring substituents is 1. The quantitative estimate of drug-likeness (QED) is 0.0756. The number of halogens is 2. The van der Waals surface area contributed by atoms with Crippen molar-refractivity contribution in [3.63, 3.8) is 0 Å². The van der Waals surface area contributed by atoms with E-state index < -0.39 is 63.6 Å². The number of hydrogen-bond acceptors (Lipinski definition) is 9. The number of nitro groups is 1. The maximum atomic E-state index is 15.5. The van der Waals surface area contributed by atoms with Crippen LogP contribution in [0.5, 0.6) is 11.5 Å². The Morgan fingerprint density at radius 3 is 2.38 bits per heavy atom. The molecule has 2 N–H and O–H groups in total. The predicted octanol–water partition coefficient (Wildman–Crippen LogP) is 7.53. The summed E-state index contributed by atoms with van der Waals surface area (Å²) < 4.78 is 5.46. The van der Waals surface area contributed by atoms with Crippen LogP contribution >= 0.6 is 23.2 Å². The van der Waals surface area contributed by atoms with E-state index >= 15 is 4.79 Å². The van der Waals surface area contributed by atoms with Gasteiger partial charge in [0.05, 0.1) is 51.6 Å². The van der Waals surface area contributed by atoms with E-state index in [4.69, 9.17) is 27.9 Å². The second kappa shape index (κ2) is 13.9. The molecule has 1 saturated carbocycles. The molecule has 2 aliphatic heterocycles. The zero-order valence-corrected chi connectivity index (χ0v) is 31.4. The van der Waals surface area contributed by atoms with Gasteiger partial charge in [-0.1, -0.05) is 71.3 Å². The molecule has 4 aliphatic rings. The Bertz CT molecular complexity index is 2380. The Hall–Kier alpha value is -5.98. The fraction of sp³-hybridized carbons (Fsp3) is 0.238. The first-order valence-electron chi connectivity index (χ1n) is 17.9. The van der Waals surface area contributed by atoms with Gasteiger partial charge in [0.15, 0.2) is 0 Å². The summed E-state index contributed by atoms with van der Waals surface area (Å²) in [4.78, 5) is 71.0. The van der Waals surface area contributed by atoms with Crippen LogP contribution in [0.15, 0.2) is 109 Å². The van der Waals surface area contributed by atoms with E-state index in [1.165, 1.54) is 37.4 Å². The number of amides is 4. The minimum Gasteiger partial charge on any atom is -0.507 e. The number of imide groups is 2. The van der Waals surface area contributed by atoms with E-state index in [1.54, 1.807) is 60.7 Å². The number of methoxy groups -OCH3 is 1. The Kier molecular flexibility index (Phi) is 9.21. The molecule has 0 bridgehead atoms. The maximum Gasteiger partial charge on any atom is 0.269 e. The van der Waals surface area contributed by atoms with E-state index in [0.717, 1.165) is 9.91 Å². The molecular formula is C42H34Cl2N4O8. The largest absolute Gasteiger partial charge is 0.507 e. The Labute approximate surface area is 331 Å². The van der Waals surface area contributed by atoms with Gasteiger partial charge in [-0.15, -0.1) is 6.58 Å². The Morgan fingerprint density at radius 2 is 1.71 bits per heavy atom. The van der Waals surface area contributed by atoms with E-state index in [9.17, 15) is 29.6 Å². The van der Waals surface area contributed by atoms with Gasteiger partial charge in [0.2, 0.25) is 11.8 Å². The third-order valence-electron chi connectivity index (χ3n) is 11.7. The first-order chi connectivity index (χ1) is 26.9. The third kappa shape index (κ3) is 5.49. The summed E-state index contributed by atoms with van der Waals surface area (Å²) in [5, 5.41) is 24.9. The van der Waals surface area contributed by atoms with Crippen LogP contribution in [0.2, 0.25) is 10.0 Å². The molecule has 284 valence electrons. The number of hydrazine groups is 1.